The van der Waals surface area contributed by atoms with Crippen LogP contribution in [0.3, 0.4) is 0 Å². The minimum Gasteiger partial charge on any atom is -0.365 e. The van der Waals surface area contributed by atoms with Crippen LogP contribution in [0.1, 0.15) is 5.56 Å². The van der Waals surface area contributed by atoms with Crippen molar-refractivity contribution in [3.05, 3.63) is 50.8 Å². The van der Waals surface area contributed by atoms with Gasteiger partial charge in [0.15, 0.2) is 0 Å². The smallest absolute Gasteiger partial charge is 0.224 e. The topological polar surface area (TPSA) is 37.8 Å². The number of nitrogens with zero attached hydrogens (tertiary/aromatic N) is 2. The Morgan fingerprint density at radius 1 is 1.29 bits per heavy atom. The second kappa shape index (κ2) is 5.67. The highest BCUT2D eigenvalue weighted by Gasteiger charge is 2.03. The Morgan fingerprint density at radius 2 is 2.12 bits per heavy atom. The normalized spacial score (nSPS) is 10.3. The first-order valence-electron chi connectivity index (χ1n) is 4.81. The molecule has 0 saturated heterocycles. The highest BCUT2D eigenvalue weighted by atomic mass is 79.9. The molecule has 6 heteroatoms. The third-order valence-corrected chi connectivity index (χ3v) is 3.06. The van der Waals surface area contributed by atoms with E-state index in [0.717, 1.165) is 10.0 Å². The van der Waals surface area contributed by atoms with Gasteiger partial charge in [0.05, 0.1) is 4.47 Å². The van der Waals surface area contributed by atoms with Gasteiger partial charge < -0.3 is 5.32 Å². The first kappa shape index (κ1) is 12.6. The molecule has 1 N–H and O–H groups in total. The highest BCUT2D eigenvalue weighted by Crippen LogP contribution is 2.21. The van der Waals surface area contributed by atoms with Crippen molar-refractivity contribution < 1.29 is 0 Å². The van der Waals surface area contributed by atoms with E-state index in [0.29, 0.717) is 17.4 Å². The Kier molecular flexibility index (Phi) is 4.20. The van der Waals surface area contributed by atoms with E-state index in [-0.39, 0.29) is 5.28 Å². The van der Waals surface area contributed by atoms with Crippen molar-refractivity contribution in [2.45, 2.75) is 6.54 Å². The van der Waals surface area contributed by atoms with Crippen molar-refractivity contribution in [2.24, 2.45) is 0 Å². The molecule has 0 aliphatic rings. The monoisotopic (exact) mass is 331 g/mol. The molecule has 2 rings (SSSR count). The number of aromatic nitrogens is 2. The summed E-state index contributed by atoms with van der Waals surface area (Å²) >= 11 is 15.0. The molecule has 17 heavy (non-hydrogen) atoms. The molecule has 0 unspecified atom stereocenters. The van der Waals surface area contributed by atoms with Crippen molar-refractivity contribution in [3.63, 3.8) is 0 Å². The van der Waals surface area contributed by atoms with Crippen LogP contribution in [0.2, 0.25) is 10.3 Å². The third-order valence-electron chi connectivity index (χ3n) is 2.06. The Labute approximate surface area is 117 Å². The fourth-order valence-corrected chi connectivity index (χ4v) is 1.98. The lowest BCUT2D eigenvalue weighted by Gasteiger charge is -2.07. The number of hydrogen-bond donors (Lipinski definition) is 1. The summed E-state index contributed by atoms with van der Waals surface area (Å²) in [5, 5.41) is 4.08. The summed E-state index contributed by atoms with van der Waals surface area (Å²) in [5.74, 6) is 0.657. The predicted octanol–water partition coefficient (Wildman–Crippen LogP) is 4.16. The SMILES string of the molecule is Clc1cccc(CNc2nc(Cl)ncc2Br)c1. The lowest BCUT2D eigenvalue weighted by Crippen LogP contribution is -2.02. The molecule has 0 radical (unpaired) electrons. The van der Waals surface area contributed by atoms with Gasteiger partial charge in [-0.15, -0.1) is 0 Å². The average molecular weight is 333 g/mol. The zero-order valence-electron chi connectivity index (χ0n) is 8.62. The lowest BCUT2D eigenvalue weighted by molar-refractivity contribution is 1.07. The molecular weight excluding hydrogens is 325 g/mol. The maximum atomic E-state index is 5.90. The first-order chi connectivity index (χ1) is 8.15. The van der Waals surface area contributed by atoms with Gasteiger partial charge in [0.25, 0.3) is 0 Å². The van der Waals surface area contributed by atoms with Crippen LogP contribution in [-0.4, -0.2) is 9.97 Å². The van der Waals surface area contributed by atoms with E-state index in [2.05, 4.69) is 31.2 Å². The molecule has 1 aromatic carbocycles. The summed E-state index contributed by atoms with van der Waals surface area (Å²) in [6, 6.07) is 7.62. The molecule has 0 bridgehead atoms. The summed E-state index contributed by atoms with van der Waals surface area (Å²) in [4.78, 5) is 7.93. The van der Waals surface area contributed by atoms with Gasteiger partial charge >= 0.3 is 0 Å². The number of hydrogen-bond acceptors (Lipinski definition) is 3. The third kappa shape index (κ3) is 3.56. The molecule has 2 aromatic rings. The van der Waals surface area contributed by atoms with Crippen molar-refractivity contribution >= 4 is 44.9 Å². The molecule has 0 aliphatic heterocycles. The van der Waals surface area contributed by atoms with Crippen molar-refractivity contribution in [2.75, 3.05) is 5.32 Å². The van der Waals surface area contributed by atoms with E-state index in [1.165, 1.54) is 0 Å². The summed E-state index contributed by atoms with van der Waals surface area (Å²) in [7, 11) is 0. The fraction of sp³-hybridized carbons (Fsp3) is 0.0909. The Hall–Kier alpha value is -0.840. The molecule has 0 amide bonds. The van der Waals surface area contributed by atoms with Gasteiger partial charge in [-0.25, -0.2) is 4.98 Å². The number of halogens is 3. The Bertz CT molecular complexity index is 534. The van der Waals surface area contributed by atoms with E-state index in [4.69, 9.17) is 23.2 Å². The van der Waals surface area contributed by atoms with Crippen LogP contribution < -0.4 is 5.32 Å². The number of benzene rings is 1. The second-order valence-corrected chi connectivity index (χ2v) is 4.95. The average Bonchev–Trinajstić information content (AvgIpc) is 2.30. The van der Waals surface area contributed by atoms with Crippen LogP contribution in [0.5, 0.6) is 0 Å². The molecule has 0 saturated carbocycles. The van der Waals surface area contributed by atoms with E-state index in [9.17, 15) is 0 Å². The molecule has 0 spiro atoms. The van der Waals surface area contributed by atoms with Crippen LogP contribution in [0.15, 0.2) is 34.9 Å². The molecular formula is C11H8BrCl2N3. The standard InChI is InChI=1S/C11H8BrCl2N3/c12-9-6-16-11(14)17-10(9)15-5-7-2-1-3-8(13)4-7/h1-4,6H,5H2,(H,15,16,17). The van der Waals surface area contributed by atoms with Crippen LogP contribution >= 0.6 is 39.1 Å². The summed E-state index contributed by atoms with van der Waals surface area (Å²) in [6.45, 7) is 0.618. The van der Waals surface area contributed by atoms with E-state index in [1.807, 2.05) is 24.3 Å². The highest BCUT2D eigenvalue weighted by molar-refractivity contribution is 9.10. The fourth-order valence-electron chi connectivity index (χ4n) is 1.30. The van der Waals surface area contributed by atoms with Crippen molar-refractivity contribution in [1.82, 2.24) is 9.97 Å². The molecule has 88 valence electrons. The van der Waals surface area contributed by atoms with Gasteiger partial charge in [-0.2, -0.15) is 4.98 Å². The van der Waals surface area contributed by atoms with E-state index in [1.54, 1.807) is 6.20 Å². The van der Waals surface area contributed by atoms with Crippen LogP contribution in [0.4, 0.5) is 5.82 Å². The van der Waals surface area contributed by atoms with Crippen LogP contribution in [0.25, 0.3) is 0 Å². The minimum absolute atomic E-state index is 0.210. The first-order valence-corrected chi connectivity index (χ1v) is 6.36. The molecule has 3 nitrogen and oxygen atoms in total. The predicted molar refractivity (Wildman–Crippen MR) is 73.5 cm³/mol. The second-order valence-electron chi connectivity index (χ2n) is 3.32. The summed E-state index contributed by atoms with van der Waals surface area (Å²) in [6.07, 6.45) is 1.61. The van der Waals surface area contributed by atoms with E-state index < -0.39 is 0 Å². The zero-order valence-corrected chi connectivity index (χ0v) is 11.7. The zero-order chi connectivity index (χ0) is 12.3. The maximum Gasteiger partial charge on any atom is 0.224 e. The van der Waals surface area contributed by atoms with Gasteiger partial charge in [-0.3, -0.25) is 0 Å². The molecule has 1 heterocycles. The largest absolute Gasteiger partial charge is 0.365 e. The molecule has 0 atom stereocenters. The molecule has 0 fully saturated rings. The minimum atomic E-state index is 0.210. The Morgan fingerprint density at radius 3 is 2.88 bits per heavy atom. The lowest BCUT2D eigenvalue weighted by atomic mass is 10.2. The van der Waals surface area contributed by atoms with Gasteiger partial charge in [0, 0.05) is 17.8 Å². The van der Waals surface area contributed by atoms with Gasteiger partial charge in [0.2, 0.25) is 5.28 Å². The molecule has 1 aromatic heterocycles. The Balaban J connectivity index is 2.09. The number of anilines is 1. The summed E-state index contributed by atoms with van der Waals surface area (Å²) < 4.78 is 0.768. The van der Waals surface area contributed by atoms with Gasteiger partial charge in [-0.05, 0) is 45.2 Å². The van der Waals surface area contributed by atoms with Gasteiger partial charge in [0.1, 0.15) is 5.82 Å². The molecule has 0 aliphatic carbocycles. The van der Waals surface area contributed by atoms with Crippen molar-refractivity contribution in [3.8, 4) is 0 Å². The number of rotatable bonds is 3. The van der Waals surface area contributed by atoms with Crippen LogP contribution in [-0.2, 0) is 6.54 Å². The number of nitrogens with one attached hydrogen (secondary N) is 1. The summed E-state index contributed by atoms with van der Waals surface area (Å²) in [5.41, 5.74) is 1.07. The van der Waals surface area contributed by atoms with E-state index >= 15 is 0 Å². The van der Waals surface area contributed by atoms with Crippen molar-refractivity contribution in [1.29, 1.82) is 0 Å². The quantitative estimate of drug-likeness (QED) is 0.858. The van der Waals surface area contributed by atoms with Gasteiger partial charge in [-0.1, -0.05) is 23.7 Å². The van der Waals surface area contributed by atoms with Crippen LogP contribution in [0, 0.1) is 0 Å². The maximum absolute atomic E-state index is 5.90.